The standard InChI is InChI=1S/C30H31ClN4O3/c1-18-16-23(29-24(17-18)27(37)19(2)28(38-29)22-8-6-5-7-9-22)20(3)32-25-10-11-26(31)33-30(25)35-14-12-34(13-15-35)21(4)36/h5-11,16-17,20,32H,12-15H2,1-4H3/t20-/m1/s1. The van der Waals surface area contributed by atoms with Gasteiger partial charge in [-0.2, -0.15) is 0 Å². The Hall–Kier alpha value is -3.84. The minimum Gasteiger partial charge on any atom is -0.455 e. The summed E-state index contributed by atoms with van der Waals surface area (Å²) < 4.78 is 6.48. The van der Waals surface area contributed by atoms with Gasteiger partial charge in [0.1, 0.15) is 16.5 Å². The van der Waals surface area contributed by atoms with Crippen LogP contribution in [0, 0.1) is 13.8 Å². The third kappa shape index (κ3) is 4.98. The fourth-order valence-electron chi connectivity index (χ4n) is 5.08. The van der Waals surface area contributed by atoms with Crippen LogP contribution in [0.2, 0.25) is 5.15 Å². The van der Waals surface area contributed by atoms with Gasteiger partial charge >= 0.3 is 0 Å². The zero-order valence-electron chi connectivity index (χ0n) is 22.0. The topological polar surface area (TPSA) is 78.7 Å². The van der Waals surface area contributed by atoms with E-state index in [1.807, 2.05) is 68.1 Å². The molecule has 1 aliphatic heterocycles. The number of nitrogens with one attached hydrogen (secondary N) is 1. The number of hydrogen-bond donors (Lipinski definition) is 1. The Morgan fingerprint density at radius 1 is 1.05 bits per heavy atom. The molecule has 0 bridgehead atoms. The predicted octanol–water partition coefficient (Wildman–Crippen LogP) is 5.97. The molecule has 0 spiro atoms. The lowest BCUT2D eigenvalue weighted by atomic mass is 9.99. The maximum absolute atomic E-state index is 13.4. The number of pyridine rings is 1. The molecule has 1 saturated heterocycles. The van der Waals surface area contributed by atoms with E-state index in [9.17, 15) is 9.59 Å². The van der Waals surface area contributed by atoms with Crippen LogP contribution < -0.4 is 15.6 Å². The van der Waals surface area contributed by atoms with Crippen LogP contribution in [0.4, 0.5) is 11.5 Å². The number of rotatable bonds is 5. The summed E-state index contributed by atoms with van der Waals surface area (Å²) in [6, 6.07) is 17.1. The van der Waals surface area contributed by atoms with Crippen molar-refractivity contribution in [3.8, 4) is 11.3 Å². The van der Waals surface area contributed by atoms with Crippen LogP contribution in [0.5, 0.6) is 0 Å². The molecule has 1 N–H and O–H groups in total. The number of carbonyl (C=O) groups excluding carboxylic acids is 1. The van der Waals surface area contributed by atoms with Crippen LogP contribution in [0.15, 0.2) is 63.8 Å². The molecule has 2 aromatic carbocycles. The van der Waals surface area contributed by atoms with Gasteiger partial charge in [-0.15, -0.1) is 0 Å². The Morgan fingerprint density at radius 3 is 2.45 bits per heavy atom. The summed E-state index contributed by atoms with van der Waals surface area (Å²) in [6.45, 7) is 10.0. The van der Waals surface area contributed by atoms with Crippen molar-refractivity contribution < 1.29 is 9.21 Å². The smallest absolute Gasteiger partial charge is 0.219 e. The van der Waals surface area contributed by atoms with Crippen molar-refractivity contribution in [3.05, 3.63) is 86.7 Å². The van der Waals surface area contributed by atoms with E-state index in [0.717, 1.165) is 28.2 Å². The summed E-state index contributed by atoms with van der Waals surface area (Å²) in [5, 5.41) is 4.57. The molecule has 8 heteroatoms. The Balaban J connectivity index is 1.54. The van der Waals surface area contributed by atoms with E-state index in [4.69, 9.17) is 16.0 Å². The zero-order valence-corrected chi connectivity index (χ0v) is 22.8. The Kier molecular flexibility index (Phi) is 7.13. The van der Waals surface area contributed by atoms with Crippen molar-refractivity contribution in [3.63, 3.8) is 0 Å². The molecule has 1 aliphatic rings. The third-order valence-electron chi connectivity index (χ3n) is 7.13. The summed E-state index contributed by atoms with van der Waals surface area (Å²) in [5.74, 6) is 1.40. The summed E-state index contributed by atoms with van der Waals surface area (Å²) in [7, 11) is 0. The van der Waals surface area contributed by atoms with Crippen molar-refractivity contribution >= 4 is 40.0 Å². The second-order valence-electron chi connectivity index (χ2n) is 9.85. The van der Waals surface area contributed by atoms with E-state index < -0.39 is 0 Å². The molecule has 1 amide bonds. The van der Waals surface area contributed by atoms with E-state index in [2.05, 4.69) is 21.3 Å². The molecule has 1 fully saturated rings. The molecule has 0 saturated carbocycles. The lowest BCUT2D eigenvalue weighted by molar-refractivity contribution is -0.129. The largest absolute Gasteiger partial charge is 0.455 e. The van der Waals surface area contributed by atoms with Gasteiger partial charge in [-0.1, -0.05) is 48.0 Å². The van der Waals surface area contributed by atoms with Crippen LogP contribution in [-0.2, 0) is 4.79 Å². The molecule has 0 radical (unpaired) electrons. The van der Waals surface area contributed by atoms with Crippen molar-refractivity contribution in [2.45, 2.75) is 33.7 Å². The molecule has 0 aliphatic carbocycles. The summed E-state index contributed by atoms with van der Waals surface area (Å²) >= 11 is 6.30. The number of benzene rings is 2. The molecular formula is C30H31ClN4O3. The molecule has 4 aromatic rings. The van der Waals surface area contributed by atoms with Crippen molar-refractivity contribution in [2.75, 3.05) is 36.4 Å². The lowest BCUT2D eigenvalue weighted by Gasteiger charge is -2.36. The van der Waals surface area contributed by atoms with E-state index in [-0.39, 0.29) is 17.4 Å². The molecule has 0 unspecified atom stereocenters. The van der Waals surface area contributed by atoms with Gasteiger partial charge in [0.15, 0.2) is 11.2 Å². The van der Waals surface area contributed by atoms with Gasteiger partial charge in [0.25, 0.3) is 0 Å². The highest BCUT2D eigenvalue weighted by Crippen LogP contribution is 2.34. The van der Waals surface area contributed by atoms with Crippen LogP contribution in [0.1, 0.15) is 36.6 Å². The number of hydrogen-bond acceptors (Lipinski definition) is 6. The highest BCUT2D eigenvalue weighted by Gasteiger charge is 2.24. The number of piperazine rings is 1. The molecule has 38 heavy (non-hydrogen) atoms. The second kappa shape index (κ2) is 10.5. The minimum atomic E-state index is -0.202. The first-order chi connectivity index (χ1) is 18.2. The summed E-state index contributed by atoms with van der Waals surface area (Å²) in [6.07, 6.45) is 0. The number of halogens is 1. The number of fused-ring (bicyclic) bond motifs is 1. The first-order valence-corrected chi connectivity index (χ1v) is 13.2. The molecule has 3 heterocycles. The normalized spacial score (nSPS) is 14.6. The number of aromatic nitrogens is 1. The predicted molar refractivity (Wildman–Crippen MR) is 153 cm³/mol. The molecule has 1 atom stereocenters. The molecule has 196 valence electrons. The van der Waals surface area contributed by atoms with Gasteiger partial charge in [0, 0.05) is 49.8 Å². The van der Waals surface area contributed by atoms with Crippen LogP contribution in [-0.4, -0.2) is 42.0 Å². The molecule has 2 aromatic heterocycles. The van der Waals surface area contributed by atoms with E-state index in [1.54, 1.807) is 13.0 Å². The Morgan fingerprint density at radius 2 is 1.76 bits per heavy atom. The van der Waals surface area contributed by atoms with Gasteiger partial charge in [-0.25, -0.2) is 4.98 Å². The van der Waals surface area contributed by atoms with Gasteiger partial charge in [0.2, 0.25) is 5.91 Å². The Bertz CT molecular complexity index is 1560. The number of amides is 1. The van der Waals surface area contributed by atoms with Crippen molar-refractivity contribution in [1.82, 2.24) is 9.88 Å². The maximum Gasteiger partial charge on any atom is 0.219 e. The lowest BCUT2D eigenvalue weighted by Crippen LogP contribution is -2.48. The quantitative estimate of drug-likeness (QED) is 0.320. The van der Waals surface area contributed by atoms with Crippen LogP contribution in [0.25, 0.3) is 22.3 Å². The monoisotopic (exact) mass is 530 g/mol. The number of carbonyl (C=O) groups is 1. The molecular weight excluding hydrogens is 500 g/mol. The SMILES string of the molecule is CC(=O)N1CCN(c2nc(Cl)ccc2N[C@H](C)c2cc(C)cc3c(=O)c(C)c(-c4ccccc4)oc23)CC1. The van der Waals surface area contributed by atoms with Gasteiger partial charge in [-0.3, -0.25) is 9.59 Å². The van der Waals surface area contributed by atoms with Crippen molar-refractivity contribution in [2.24, 2.45) is 0 Å². The average Bonchev–Trinajstić information content (AvgIpc) is 2.92. The van der Waals surface area contributed by atoms with E-state index >= 15 is 0 Å². The fraction of sp³-hybridized carbons (Fsp3) is 0.300. The van der Waals surface area contributed by atoms with E-state index in [1.165, 1.54) is 0 Å². The minimum absolute atomic E-state index is 0.0283. The van der Waals surface area contributed by atoms with Crippen LogP contribution in [0.3, 0.4) is 0 Å². The fourth-order valence-corrected chi connectivity index (χ4v) is 5.22. The maximum atomic E-state index is 13.4. The Labute approximate surface area is 227 Å². The highest BCUT2D eigenvalue weighted by atomic mass is 35.5. The number of nitrogens with zero attached hydrogens (tertiary/aromatic N) is 3. The first-order valence-electron chi connectivity index (χ1n) is 12.8. The first kappa shape index (κ1) is 25.8. The molecule has 5 rings (SSSR count). The average molecular weight is 531 g/mol. The van der Waals surface area contributed by atoms with Gasteiger partial charge in [0.05, 0.1) is 17.1 Å². The zero-order chi connectivity index (χ0) is 27.0. The third-order valence-corrected chi connectivity index (χ3v) is 7.34. The van der Waals surface area contributed by atoms with Crippen molar-refractivity contribution in [1.29, 1.82) is 0 Å². The highest BCUT2D eigenvalue weighted by molar-refractivity contribution is 6.29. The van der Waals surface area contributed by atoms with Crippen LogP contribution >= 0.6 is 11.6 Å². The second-order valence-corrected chi connectivity index (χ2v) is 10.2. The van der Waals surface area contributed by atoms with Gasteiger partial charge in [-0.05, 0) is 44.5 Å². The number of anilines is 2. The summed E-state index contributed by atoms with van der Waals surface area (Å²) in [5.41, 5.74) is 4.69. The van der Waals surface area contributed by atoms with Gasteiger partial charge < -0.3 is 19.5 Å². The van der Waals surface area contributed by atoms with E-state index in [0.29, 0.717) is 53.6 Å². The molecule has 7 nitrogen and oxygen atoms in total. The number of aryl methyl sites for hydroxylation is 1. The summed E-state index contributed by atoms with van der Waals surface area (Å²) in [4.78, 5) is 33.8.